The van der Waals surface area contributed by atoms with Crippen LogP contribution < -0.4 is 11.0 Å². The minimum atomic E-state index is -0.314. The molecule has 1 aliphatic carbocycles. The fourth-order valence-electron chi connectivity index (χ4n) is 2.69. The van der Waals surface area contributed by atoms with Crippen LogP contribution in [0.5, 0.6) is 5.75 Å². The monoisotopic (exact) mass is 369 g/mol. The molecule has 0 amide bonds. The first kappa shape index (κ1) is 20.5. The number of aromatic hydroxyl groups is 1. The Bertz CT molecular complexity index is 830. The molecule has 144 valence electrons. The molecule has 0 spiro atoms. The summed E-state index contributed by atoms with van der Waals surface area (Å²) in [5.41, 5.74) is 2.98. The summed E-state index contributed by atoms with van der Waals surface area (Å²) in [6.07, 6.45) is 8.06. The molecule has 1 aromatic rings. The molecule has 2 rings (SSSR count). The second-order valence-electron chi connectivity index (χ2n) is 7.41. The van der Waals surface area contributed by atoms with E-state index in [4.69, 9.17) is 10.6 Å². The van der Waals surface area contributed by atoms with E-state index >= 15 is 0 Å². The highest BCUT2D eigenvalue weighted by Crippen LogP contribution is 2.39. The summed E-state index contributed by atoms with van der Waals surface area (Å²) in [6.45, 7) is 9.93. The van der Waals surface area contributed by atoms with Crippen LogP contribution >= 0.6 is 0 Å². The van der Waals surface area contributed by atoms with Gasteiger partial charge in [0.1, 0.15) is 11.4 Å². The fourth-order valence-corrected chi connectivity index (χ4v) is 2.69. The van der Waals surface area contributed by atoms with Crippen molar-refractivity contribution in [1.82, 2.24) is 0 Å². The number of anilines is 1. The molecule has 0 fully saturated rings. The van der Waals surface area contributed by atoms with Crippen molar-refractivity contribution in [3.05, 3.63) is 59.7 Å². The van der Waals surface area contributed by atoms with Gasteiger partial charge in [0.15, 0.2) is 0 Å². The first-order valence-corrected chi connectivity index (χ1v) is 8.74. The first-order valence-electron chi connectivity index (χ1n) is 8.74. The minimum Gasteiger partial charge on any atom is -0.505 e. The zero-order valence-corrected chi connectivity index (χ0v) is 16.3. The summed E-state index contributed by atoms with van der Waals surface area (Å²) in [7, 11) is 1.36. The minimum absolute atomic E-state index is 0.0668. The molecule has 3 N–H and O–H groups in total. The fraction of sp³-hybridized carbons (Fsp3) is 0.333. The summed E-state index contributed by atoms with van der Waals surface area (Å²) >= 11 is 0. The third-order valence-corrected chi connectivity index (χ3v) is 4.26. The molecule has 0 heterocycles. The molecular weight excluding hydrogens is 342 g/mol. The topological polar surface area (TPSA) is 88.2 Å². The molecule has 1 aliphatic rings. The van der Waals surface area contributed by atoms with E-state index in [0.717, 1.165) is 21.8 Å². The van der Waals surface area contributed by atoms with Gasteiger partial charge in [-0.25, -0.2) is 5.84 Å². The number of esters is 1. The number of aryl methyl sites for hydroxylation is 1. The number of methoxy groups -OCH3 is 1. The highest BCUT2D eigenvalue weighted by atomic mass is 16.5. The van der Waals surface area contributed by atoms with Gasteiger partial charge < -0.3 is 9.84 Å². The number of carbonyl (C=O) groups excluding carboxylic acids is 1. The van der Waals surface area contributed by atoms with Crippen LogP contribution in [0.1, 0.15) is 38.3 Å². The van der Waals surface area contributed by atoms with Crippen molar-refractivity contribution in [2.45, 2.75) is 39.0 Å². The van der Waals surface area contributed by atoms with E-state index in [9.17, 15) is 9.90 Å². The summed E-state index contributed by atoms with van der Waals surface area (Å²) in [6, 6.07) is 3.63. The molecular formula is C21H27N3O3. The van der Waals surface area contributed by atoms with E-state index in [2.05, 4.69) is 11.7 Å². The Morgan fingerprint density at radius 3 is 2.56 bits per heavy atom. The van der Waals surface area contributed by atoms with E-state index in [0.29, 0.717) is 17.8 Å². The smallest absolute Gasteiger partial charge is 0.305 e. The molecule has 0 bridgehead atoms. The summed E-state index contributed by atoms with van der Waals surface area (Å²) in [5.74, 6) is 5.92. The lowest BCUT2D eigenvalue weighted by Crippen LogP contribution is -2.27. The van der Waals surface area contributed by atoms with Crippen molar-refractivity contribution in [2.24, 2.45) is 10.9 Å². The summed E-state index contributed by atoms with van der Waals surface area (Å²) < 4.78 is 4.71. The van der Waals surface area contributed by atoms with Crippen LogP contribution in [0.25, 0.3) is 0 Å². The van der Waals surface area contributed by atoms with Crippen molar-refractivity contribution in [1.29, 1.82) is 0 Å². The average Bonchev–Trinajstić information content (AvgIpc) is 2.61. The molecule has 0 atom stereocenters. The predicted octanol–water partition coefficient (Wildman–Crippen LogP) is 3.51. The van der Waals surface area contributed by atoms with Gasteiger partial charge in [0.05, 0.1) is 12.8 Å². The van der Waals surface area contributed by atoms with E-state index in [-0.39, 0.29) is 23.6 Å². The van der Waals surface area contributed by atoms with Crippen LogP contribution in [-0.4, -0.2) is 23.9 Å². The number of allylic oxidation sites excluding steroid dienone is 5. The Labute approximate surface area is 160 Å². The molecule has 1 aromatic carbocycles. The van der Waals surface area contributed by atoms with Crippen LogP contribution in [0.2, 0.25) is 0 Å². The maximum Gasteiger partial charge on any atom is 0.305 e. The van der Waals surface area contributed by atoms with Crippen molar-refractivity contribution in [3.8, 4) is 5.75 Å². The number of phenolic OH excluding ortho intramolecular Hbond substituents is 1. The Morgan fingerprint density at radius 2 is 1.96 bits per heavy atom. The number of nitrogens with two attached hydrogens (primary N) is 1. The lowest BCUT2D eigenvalue weighted by Gasteiger charge is -2.25. The number of hydrogen-bond acceptors (Lipinski definition) is 6. The third kappa shape index (κ3) is 5.08. The number of nitrogens with zero attached hydrogens (tertiary/aromatic N) is 2. The lowest BCUT2D eigenvalue weighted by molar-refractivity contribution is -0.140. The summed E-state index contributed by atoms with van der Waals surface area (Å²) in [5, 5.41) is 16.3. The maximum absolute atomic E-state index is 11.5. The maximum atomic E-state index is 11.5. The zero-order chi connectivity index (χ0) is 20.2. The predicted molar refractivity (Wildman–Crippen MR) is 109 cm³/mol. The van der Waals surface area contributed by atoms with Gasteiger partial charge in [0.2, 0.25) is 0 Å². The van der Waals surface area contributed by atoms with Gasteiger partial charge in [-0.05, 0) is 35.1 Å². The molecule has 0 unspecified atom stereocenters. The van der Waals surface area contributed by atoms with Gasteiger partial charge in [0.25, 0.3) is 0 Å². The van der Waals surface area contributed by atoms with Gasteiger partial charge in [-0.3, -0.25) is 4.79 Å². The largest absolute Gasteiger partial charge is 0.505 e. The van der Waals surface area contributed by atoms with Gasteiger partial charge in [0, 0.05) is 12.0 Å². The molecule has 0 saturated carbocycles. The van der Waals surface area contributed by atoms with E-state index < -0.39 is 0 Å². The second kappa shape index (κ2) is 8.22. The van der Waals surface area contributed by atoms with E-state index in [1.165, 1.54) is 7.11 Å². The van der Waals surface area contributed by atoms with Crippen molar-refractivity contribution < 1.29 is 14.6 Å². The highest BCUT2D eigenvalue weighted by Gasteiger charge is 2.23. The van der Waals surface area contributed by atoms with Crippen molar-refractivity contribution in [2.75, 3.05) is 12.2 Å². The Balaban J connectivity index is 2.45. The molecule has 0 saturated heterocycles. The third-order valence-electron chi connectivity index (χ3n) is 4.26. The number of hydrazone groups is 1. The van der Waals surface area contributed by atoms with Crippen LogP contribution in [0, 0.1) is 0 Å². The number of carbonyl (C=O) groups is 1. The standard InChI is InChI=1S/C21H27N3O3/c1-14-8-6-7-9-17(14)23-24(22)18-13-15(10-11-19(25)27-5)12-16(20(18)26)21(2,3)4/h6-9,12-13,26H,1,10-11,22H2,2-5H3/b23-17-. The molecule has 6 nitrogen and oxygen atoms in total. The van der Waals surface area contributed by atoms with Gasteiger partial charge in [-0.2, -0.15) is 10.2 Å². The molecule has 0 radical (unpaired) electrons. The number of phenols is 1. The molecule has 6 heteroatoms. The normalized spacial score (nSPS) is 15.3. The van der Waals surface area contributed by atoms with Gasteiger partial charge in [-0.15, -0.1) is 0 Å². The van der Waals surface area contributed by atoms with E-state index in [1.54, 1.807) is 12.1 Å². The van der Waals surface area contributed by atoms with E-state index in [1.807, 2.05) is 45.1 Å². The Hall–Kier alpha value is -2.86. The van der Waals surface area contributed by atoms with Crippen LogP contribution in [0.4, 0.5) is 5.69 Å². The second-order valence-corrected chi connectivity index (χ2v) is 7.41. The van der Waals surface area contributed by atoms with Crippen molar-refractivity contribution in [3.63, 3.8) is 0 Å². The Kier molecular flexibility index (Phi) is 6.23. The number of hydrogen-bond donors (Lipinski definition) is 2. The molecule has 0 aliphatic heterocycles. The summed E-state index contributed by atoms with van der Waals surface area (Å²) in [4.78, 5) is 11.5. The Morgan fingerprint density at radius 1 is 1.30 bits per heavy atom. The average molecular weight is 369 g/mol. The van der Waals surface area contributed by atoms with Gasteiger partial charge >= 0.3 is 5.97 Å². The lowest BCUT2D eigenvalue weighted by atomic mass is 9.84. The number of ether oxygens (including phenoxy) is 1. The SMILES string of the molecule is C=C1C=CC=C/C1=N/N(N)c1cc(CCC(=O)OC)cc(C(C)(C)C)c1O. The number of hydrazine groups is 1. The molecule has 0 aromatic heterocycles. The van der Waals surface area contributed by atoms with Crippen LogP contribution in [-0.2, 0) is 21.4 Å². The highest BCUT2D eigenvalue weighted by molar-refractivity contribution is 6.11. The number of benzene rings is 1. The molecule has 27 heavy (non-hydrogen) atoms. The van der Waals surface area contributed by atoms with Crippen LogP contribution in [0.15, 0.2) is 53.7 Å². The van der Waals surface area contributed by atoms with Crippen LogP contribution in [0.3, 0.4) is 0 Å². The first-order chi connectivity index (χ1) is 12.6. The zero-order valence-electron chi connectivity index (χ0n) is 16.3. The van der Waals surface area contributed by atoms with Gasteiger partial charge in [-0.1, -0.05) is 51.6 Å². The van der Waals surface area contributed by atoms with Crippen molar-refractivity contribution >= 4 is 17.4 Å². The quantitative estimate of drug-likeness (QED) is 0.471. The number of rotatable bonds is 5.